The van der Waals surface area contributed by atoms with Crippen molar-refractivity contribution in [2.24, 2.45) is 0 Å². The second-order valence-corrected chi connectivity index (χ2v) is 4.62. The summed E-state index contributed by atoms with van der Waals surface area (Å²) < 4.78 is 30.6. The predicted octanol–water partition coefficient (Wildman–Crippen LogP) is 1.57. The molecule has 1 aromatic rings. The lowest BCUT2D eigenvalue weighted by molar-refractivity contribution is 0.489. The predicted molar refractivity (Wildman–Crippen MR) is 53.2 cm³/mol. The minimum atomic E-state index is -4.04. The quantitative estimate of drug-likeness (QED) is 0.714. The summed E-state index contributed by atoms with van der Waals surface area (Å²) >= 11 is 0. The average Bonchev–Trinajstić information content (AvgIpc) is 2.16. The van der Waals surface area contributed by atoms with Crippen molar-refractivity contribution in [1.29, 1.82) is 0 Å². The summed E-state index contributed by atoms with van der Waals surface area (Å²) in [6.45, 7) is 0. The van der Waals surface area contributed by atoms with Gasteiger partial charge in [-0.15, -0.1) is 0 Å². The van der Waals surface area contributed by atoms with Crippen molar-refractivity contribution in [2.45, 2.75) is 6.42 Å². The second-order valence-electron chi connectivity index (χ2n) is 3.15. The zero-order valence-corrected chi connectivity index (χ0v) is 8.16. The van der Waals surface area contributed by atoms with Crippen LogP contribution in [-0.2, 0) is 16.5 Å². The number of hydrogen-bond donors (Lipinski definition) is 1. The molecular formula is C10H9O3S. The molecule has 0 unspecified atom stereocenters. The summed E-state index contributed by atoms with van der Waals surface area (Å²) in [5, 5.41) is 0. The van der Waals surface area contributed by atoms with Gasteiger partial charge in [0.25, 0.3) is 10.1 Å². The Morgan fingerprint density at radius 3 is 2.64 bits per heavy atom. The monoisotopic (exact) mass is 209 g/mol. The fourth-order valence-electron chi connectivity index (χ4n) is 1.46. The van der Waals surface area contributed by atoms with Crippen LogP contribution in [-0.4, -0.2) is 13.0 Å². The average molecular weight is 209 g/mol. The van der Waals surface area contributed by atoms with Gasteiger partial charge in [0.1, 0.15) is 0 Å². The van der Waals surface area contributed by atoms with Gasteiger partial charge >= 0.3 is 0 Å². The van der Waals surface area contributed by atoms with E-state index in [9.17, 15) is 8.42 Å². The molecule has 1 aromatic carbocycles. The standard InChI is InChI=1S/C10H9O3S/c11-14(12,13)10-6-5-8-3-1-2-4-9(8)7-10/h1-6H,7H2,(H,11,12,13). The molecule has 14 heavy (non-hydrogen) atoms. The van der Waals surface area contributed by atoms with Crippen LogP contribution in [0.1, 0.15) is 11.1 Å². The highest BCUT2D eigenvalue weighted by atomic mass is 32.2. The molecule has 0 fully saturated rings. The highest BCUT2D eigenvalue weighted by molar-refractivity contribution is 7.89. The van der Waals surface area contributed by atoms with Crippen molar-refractivity contribution in [3.8, 4) is 0 Å². The van der Waals surface area contributed by atoms with Gasteiger partial charge in [0.15, 0.2) is 0 Å². The van der Waals surface area contributed by atoms with Crippen LogP contribution in [0, 0.1) is 6.42 Å². The molecule has 3 nitrogen and oxygen atoms in total. The minimum Gasteiger partial charge on any atom is -0.282 e. The fourth-order valence-corrected chi connectivity index (χ4v) is 2.04. The minimum absolute atomic E-state index is 0.0520. The van der Waals surface area contributed by atoms with Crippen LogP contribution in [0.25, 0.3) is 0 Å². The Morgan fingerprint density at radius 2 is 1.93 bits per heavy atom. The lowest BCUT2D eigenvalue weighted by atomic mass is 9.97. The van der Waals surface area contributed by atoms with E-state index < -0.39 is 10.1 Å². The highest BCUT2D eigenvalue weighted by Gasteiger charge is 2.19. The van der Waals surface area contributed by atoms with Crippen LogP contribution < -0.4 is 0 Å². The molecule has 0 aromatic heterocycles. The molecule has 0 saturated heterocycles. The first-order valence-corrected chi connectivity index (χ1v) is 5.61. The molecule has 73 valence electrons. The van der Waals surface area contributed by atoms with E-state index in [-0.39, 0.29) is 11.3 Å². The molecule has 0 aliphatic heterocycles. The van der Waals surface area contributed by atoms with Gasteiger partial charge in [-0.2, -0.15) is 8.42 Å². The molecule has 1 N–H and O–H groups in total. The summed E-state index contributed by atoms with van der Waals surface area (Å²) in [6, 6.07) is 7.50. The Balaban J connectivity index is 2.39. The van der Waals surface area contributed by atoms with E-state index in [1.54, 1.807) is 6.42 Å². The first kappa shape index (κ1) is 9.43. The van der Waals surface area contributed by atoms with Crippen molar-refractivity contribution in [3.63, 3.8) is 0 Å². The van der Waals surface area contributed by atoms with Crippen molar-refractivity contribution >= 4 is 10.1 Å². The third-order valence-electron chi connectivity index (χ3n) is 2.20. The number of rotatable bonds is 1. The van der Waals surface area contributed by atoms with Crippen molar-refractivity contribution in [3.05, 3.63) is 52.8 Å². The van der Waals surface area contributed by atoms with E-state index in [0.717, 1.165) is 11.1 Å². The third-order valence-corrected chi connectivity index (χ3v) is 3.14. The maximum Gasteiger partial charge on any atom is 0.290 e. The second kappa shape index (κ2) is 3.22. The molecule has 0 atom stereocenters. The van der Waals surface area contributed by atoms with Crippen LogP contribution >= 0.6 is 0 Å². The van der Waals surface area contributed by atoms with E-state index in [4.69, 9.17) is 4.55 Å². The highest BCUT2D eigenvalue weighted by Crippen LogP contribution is 2.24. The molecule has 2 rings (SSSR count). The Labute approximate surface area is 82.8 Å². The molecule has 0 spiro atoms. The SMILES string of the molecule is O=S(=O)(O)C1=C[CH]c2ccccc2C1. The van der Waals surface area contributed by atoms with Crippen LogP contribution in [0.5, 0.6) is 0 Å². The van der Waals surface area contributed by atoms with Crippen LogP contribution in [0.2, 0.25) is 0 Å². The molecule has 4 heteroatoms. The van der Waals surface area contributed by atoms with E-state index in [2.05, 4.69) is 0 Å². The van der Waals surface area contributed by atoms with E-state index in [0.29, 0.717) is 0 Å². The Morgan fingerprint density at radius 1 is 1.21 bits per heavy atom. The number of allylic oxidation sites excluding steroid dienone is 2. The lowest BCUT2D eigenvalue weighted by Crippen LogP contribution is -2.09. The van der Waals surface area contributed by atoms with E-state index >= 15 is 0 Å². The molecule has 1 aliphatic carbocycles. The Kier molecular flexibility index (Phi) is 2.17. The first-order chi connectivity index (χ1) is 6.57. The number of hydrogen-bond acceptors (Lipinski definition) is 2. The molecule has 0 heterocycles. The Bertz CT molecular complexity index is 486. The first-order valence-electron chi connectivity index (χ1n) is 4.17. The van der Waals surface area contributed by atoms with E-state index in [1.807, 2.05) is 24.3 Å². The smallest absolute Gasteiger partial charge is 0.282 e. The van der Waals surface area contributed by atoms with Gasteiger partial charge in [0.05, 0.1) is 4.91 Å². The molecule has 0 saturated carbocycles. The summed E-state index contributed by atoms with van der Waals surface area (Å²) in [4.78, 5) is 0.0520. The van der Waals surface area contributed by atoms with Crippen molar-refractivity contribution in [2.75, 3.05) is 0 Å². The van der Waals surface area contributed by atoms with Gasteiger partial charge in [-0.05, 0) is 11.1 Å². The zero-order valence-electron chi connectivity index (χ0n) is 7.34. The molecule has 1 radical (unpaired) electrons. The van der Waals surface area contributed by atoms with Gasteiger partial charge in [-0.25, -0.2) is 0 Å². The maximum atomic E-state index is 10.9. The molecule has 1 aliphatic rings. The fraction of sp³-hybridized carbons (Fsp3) is 0.100. The molecule has 0 amide bonds. The van der Waals surface area contributed by atoms with Crippen LogP contribution in [0.15, 0.2) is 35.2 Å². The summed E-state index contributed by atoms with van der Waals surface area (Å²) in [5.41, 5.74) is 1.92. The largest absolute Gasteiger partial charge is 0.290 e. The third kappa shape index (κ3) is 1.71. The summed E-state index contributed by atoms with van der Waals surface area (Å²) in [7, 11) is -4.04. The maximum absolute atomic E-state index is 10.9. The van der Waals surface area contributed by atoms with Crippen LogP contribution in [0.4, 0.5) is 0 Å². The normalized spacial score (nSPS) is 15.9. The van der Waals surface area contributed by atoms with Crippen LogP contribution in [0.3, 0.4) is 0 Å². The van der Waals surface area contributed by atoms with Gasteiger partial charge in [0.2, 0.25) is 0 Å². The lowest BCUT2D eigenvalue weighted by Gasteiger charge is -2.14. The van der Waals surface area contributed by atoms with Gasteiger partial charge in [-0.1, -0.05) is 30.3 Å². The van der Waals surface area contributed by atoms with Gasteiger partial charge in [-0.3, -0.25) is 4.55 Å². The summed E-state index contributed by atoms with van der Waals surface area (Å²) in [5.74, 6) is 0. The Hall–Kier alpha value is -1.13. The van der Waals surface area contributed by atoms with Crippen molar-refractivity contribution in [1.82, 2.24) is 0 Å². The van der Waals surface area contributed by atoms with E-state index in [1.165, 1.54) is 6.08 Å². The topological polar surface area (TPSA) is 54.4 Å². The van der Waals surface area contributed by atoms with Gasteiger partial charge < -0.3 is 0 Å². The summed E-state index contributed by atoms with van der Waals surface area (Å²) in [6.07, 6.45) is 3.41. The van der Waals surface area contributed by atoms with Gasteiger partial charge in [0, 0.05) is 12.8 Å². The number of fused-ring (bicyclic) bond motifs is 1. The van der Waals surface area contributed by atoms with Crippen molar-refractivity contribution < 1.29 is 13.0 Å². The zero-order chi connectivity index (χ0) is 10.2. The number of benzene rings is 1. The molecule has 0 bridgehead atoms. The molecular weight excluding hydrogens is 200 g/mol.